The average Bonchev–Trinajstić information content (AvgIpc) is 3.40. The van der Waals surface area contributed by atoms with Crippen LogP contribution in [0.5, 0.6) is 5.75 Å². The molecule has 1 N–H and O–H groups in total. The topological polar surface area (TPSA) is 58.6 Å². The Hall–Kier alpha value is -2.82. The summed E-state index contributed by atoms with van der Waals surface area (Å²) in [4.78, 5) is 25.9. The molecule has 25 heavy (non-hydrogen) atoms. The number of hydrogen-bond donors (Lipinski definition) is 1. The van der Waals surface area contributed by atoms with Crippen LogP contribution >= 0.6 is 0 Å². The quantitative estimate of drug-likeness (QED) is 0.937. The summed E-state index contributed by atoms with van der Waals surface area (Å²) in [6.07, 6.45) is 0.878. The summed E-state index contributed by atoms with van der Waals surface area (Å²) in [5.74, 6) is 0.889. The Morgan fingerprint density at radius 1 is 1.24 bits per heavy atom. The molecule has 128 valence electrons. The van der Waals surface area contributed by atoms with E-state index in [-0.39, 0.29) is 24.3 Å². The smallest absolute Gasteiger partial charge is 0.264 e. The third-order valence-corrected chi connectivity index (χ3v) is 5.03. The normalized spacial score (nSPS) is 21.4. The molecule has 1 saturated carbocycles. The molecule has 1 aliphatic heterocycles. The summed E-state index contributed by atoms with van der Waals surface area (Å²) >= 11 is 0. The molecule has 5 heteroatoms. The molecule has 4 rings (SSSR count). The van der Waals surface area contributed by atoms with E-state index < -0.39 is 0 Å². The van der Waals surface area contributed by atoms with Crippen LogP contribution in [-0.2, 0) is 9.59 Å². The Kier molecular flexibility index (Phi) is 3.71. The van der Waals surface area contributed by atoms with Crippen LogP contribution in [0.2, 0.25) is 0 Å². The minimum atomic E-state index is -0.0993. The maximum Gasteiger partial charge on any atom is 0.264 e. The van der Waals surface area contributed by atoms with E-state index in [1.54, 1.807) is 24.1 Å². The van der Waals surface area contributed by atoms with Crippen LogP contribution in [0.1, 0.15) is 23.5 Å². The van der Waals surface area contributed by atoms with Gasteiger partial charge >= 0.3 is 0 Å². The SMILES string of the molecule is Cc1ccccc1[C@H]1C[C@@H]1C(=O)Nc1ccc2c(c1)N(C)C(=O)CO2. The predicted octanol–water partition coefficient (Wildman–Crippen LogP) is 3.09. The van der Waals surface area contributed by atoms with Gasteiger partial charge in [-0.15, -0.1) is 0 Å². The van der Waals surface area contributed by atoms with Crippen LogP contribution in [-0.4, -0.2) is 25.5 Å². The molecule has 2 aliphatic rings. The number of ether oxygens (including phenoxy) is 1. The summed E-state index contributed by atoms with van der Waals surface area (Å²) in [5, 5.41) is 2.98. The fourth-order valence-corrected chi connectivity index (χ4v) is 3.42. The van der Waals surface area contributed by atoms with E-state index in [1.807, 2.05) is 18.2 Å². The number of nitrogens with one attached hydrogen (secondary N) is 1. The lowest BCUT2D eigenvalue weighted by Gasteiger charge is -2.26. The number of hydrogen-bond acceptors (Lipinski definition) is 3. The summed E-state index contributed by atoms with van der Waals surface area (Å²) in [5.41, 5.74) is 3.85. The number of amides is 2. The number of nitrogens with zero attached hydrogens (tertiary/aromatic N) is 1. The zero-order valence-electron chi connectivity index (χ0n) is 14.3. The monoisotopic (exact) mass is 336 g/mol. The molecule has 2 aromatic rings. The third kappa shape index (κ3) is 2.86. The highest BCUT2D eigenvalue weighted by Crippen LogP contribution is 2.49. The number of anilines is 2. The molecule has 1 fully saturated rings. The van der Waals surface area contributed by atoms with Gasteiger partial charge in [0.1, 0.15) is 5.75 Å². The molecular formula is C20H20N2O3. The second-order valence-corrected chi connectivity index (χ2v) is 6.72. The van der Waals surface area contributed by atoms with E-state index in [1.165, 1.54) is 11.1 Å². The van der Waals surface area contributed by atoms with Gasteiger partial charge in [0.25, 0.3) is 5.91 Å². The number of benzene rings is 2. The van der Waals surface area contributed by atoms with E-state index in [0.717, 1.165) is 6.42 Å². The zero-order valence-corrected chi connectivity index (χ0v) is 14.3. The lowest BCUT2D eigenvalue weighted by molar-refractivity contribution is -0.121. The van der Waals surface area contributed by atoms with Crippen LogP contribution < -0.4 is 15.0 Å². The minimum absolute atomic E-state index is 0.00717. The highest BCUT2D eigenvalue weighted by atomic mass is 16.5. The van der Waals surface area contributed by atoms with Gasteiger partial charge in [0.05, 0.1) is 5.69 Å². The Morgan fingerprint density at radius 2 is 2.04 bits per heavy atom. The van der Waals surface area contributed by atoms with E-state index in [4.69, 9.17) is 4.74 Å². The van der Waals surface area contributed by atoms with Gasteiger partial charge in [-0.1, -0.05) is 24.3 Å². The van der Waals surface area contributed by atoms with Crippen molar-refractivity contribution < 1.29 is 14.3 Å². The van der Waals surface area contributed by atoms with Crippen molar-refractivity contribution in [2.45, 2.75) is 19.3 Å². The Labute approximate surface area is 146 Å². The molecular weight excluding hydrogens is 316 g/mol. The van der Waals surface area contributed by atoms with Gasteiger partial charge < -0.3 is 15.0 Å². The van der Waals surface area contributed by atoms with Crippen LogP contribution in [0.4, 0.5) is 11.4 Å². The van der Waals surface area contributed by atoms with Gasteiger partial charge in [0.2, 0.25) is 5.91 Å². The summed E-state index contributed by atoms with van der Waals surface area (Å²) in [6, 6.07) is 13.6. The average molecular weight is 336 g/mol. The Bertz CT molecular complexity index is 862. The van der Waals surface area contributed by atoms with Gasteiger partial charge in [0.15, 0.2) is 6.61 Å². The van der Waals surface area contributed by atoms with E-state index in [0.29, 0.717) is 23.0 Å². The molecule has 2 atom stereocenters. The van der Waals surface area contributed by atoms with Crippen molar-refractivity contribution in [2.75, 3.05) is 23.9 Å². The number of carbonyl (C=O) groups excluding carboxylic acids is 2. The van der Waals surface area contributed by atoms with Crippen molar-refractivity contribution in [2.24, 2.45) is 5.92 Å². The number of rotatable bonds is 3. The first-order valence-corrected chi connectivity index (χ1v) is 8.44. The van der Waals surface area contributed by atoms with Gasteiger partial charge in [-0.05, 0) is 48.6 Å². The first kappa shape index (κ1) is 15.7. The number of carbonyl (C=O) groups is 2. The fourth-order valence-electron chi connectivity index (χ4n) is 3.42. The van der Waals surface area contributed by atoms with Gasteiger partial charge in [0, 0.05) is 18.7 Å². The number of fused-ring (bicyclic) bond motifs is 1. The second-order valence-electron chi connectivity index (χ2n) is 6.72. The lowest BCUT2D eigenvalue weighted by atomic mass is 10.0. The summed E-state index contributed by atoms with van der Waals surface area (Å²) in [7, 11) is 1.71. The molecule has 2 aromatic carbocycles. The van der Waals surface area contributed by atoms with Crippen molar-refractivity contribution in [3.8, 4) is 5.75 Å². The van der Waals surface area contributed by atoms with E-state index in [2.05, 4.69) is 24.4 Å². The third-order valence-electron chi connectivity index (χ3n) is 5.03. The van der Waals surface area contributed by atoms with Crippen LogP contribution in [0.15, 0.2) is 42.5 Å². The highest BCUT2D eigenvalue weighted by molar-refractivity contribution is 6.00. The minimum Gasteiger partial charge on any atom is -0.482 e. The zero-order chi connectivity index (χ0) is 17.6. The van der Waals surface area contributed by atoms with Crippen LogP contribution in [0.25, 0.3) is 0 Å². The van der Waals surface area contributed by atoms with Crippen molar-refractivity contribution >= 4 is 23.2 Å². The largest absolute Gasteiger partial charge is 0.482 e. The molecule has 1 aliphatic carbocycles. The standard InChI is InChI=1S/C20H20N2O3/c1-12-5-3-4-6-14(12)15-10-16(15)20(24)21-13-7-8-18-17(9-13)22(2)19(23)11-25-18/h3-9,15-16H,10-11H2,1-2H3,(H,21,24)/t15-,16+/m1/s1. The van der Waals surface area contributed by atoms with Crippen molar-refractivity contribution in [1.82, 2.24) is 0 Å². The van der Waals surface area contributed by atoms with E-state index in [9.17, 15) is 9.59 Å². The van der Waals surface area contributed by atoms with E-state index >= 15 is 0 Å². The first-order valence-electron chi connectivity index (χ1n) is 8.44. The maximum absolute atomic E-state index is 12.6. The second kappa shape index (κ2) is 5.92. The predicted molar refractivity (Wildman–Crippen MR) is 96.0 cm³/mol. The molecule has 2 amide bonds. The Balaban J connectivity index is 1.48. The molecule has 0 radical (unpaired) electrons. The molecule has 0 spiro atoms. The van der Waals surface area contributed by atoms with Gasteiger partial charge in [-0.2, -0.15) is 0 Å². The molecule has 0 bridgehead atoms. The Morgan fingerprint density at radius 3 is 2.84 bits per heavy atom. The van der Waals surface area contributed by atoms with Gasteiger partial charge in [-0.3, -0.25) is 9.59 Å². The summed E-state index contributed by atoms with van der Waals surface area (Å²) < 4.78 is 5.41. The van der Waals surface area contributed by atoms with Gasteiger partial charge in [-0.25, -0.2) is 0 Å². The molecule has 5 nitrogen and oxygen atoms in total. The van der Waals surface area contributed by atoms with Crippen molar-refractivity contribution in [3.05, 3.63) is 53.6 Å². The number of likely N-dealkylation sites (N-methyl/N-ethyl adjacent to an activating group) is 1. The first-order chi connectivity index (χ1) is 12.0. The van der Waals surface area contributed by atoms with Crippen LogP contribution in [0, 0.1) is 12.8 Å². The maximum atomic E-state index is 12.6. The fraction of sp³-hybridized carbons (Fsp3) is 0.300. The molecule has 0 saturated heterocycles. The van der Waals surface area contributed by atoms with Crippen LogP contribution in [0.3, 0.4) is 0 Å². The molecule has 1 heterocycles. The highest BCUT2D eigenvalue weighted by Gasteiger charge is 2.44. The van der Waals surface area contributed by atoms with Crippen molar-refractivity contribution in [3.63, 3.8) is 0 Å². The van der Waals surface area contributed by atoms with Crippen molar-refractivity contribution in [1.29, 1.82) is 0 Å². The number of aryl methyl sites for hydroxylation is 1. The molecule has 0 aromatic heterocycles. The lowest BCUT2D eigenvalue weighted by Crippen LogP contribution is -2.35. The molecule has 0 unspecified atom stereocenters. The summed E-state index contributed by atoms with van der Waals surface area (Å²) in [6.45, 7) is 2.13.